The third-order valence-corrected chi connectivity index (χ3v) is 9.11. The smallest absolute Gasteiger partial charge is 0.316 e. The number of rotatable bonds is 0. The van der Waals surface area contributed by atoms with E-state index in [1.807, 2.05) is 6.08 Å². The van der Waals surface area contributed by atoms with Gasteiger partial charge in [-0.3, -0.25) is 9.59 Å². The number of fused-ring (bicyclic) bond motifs is 2. The van der Waals surface area contributed by atoms with Gasteiger partial charge < -0.3 is 24.1 Å². The number of aliphatic hydroxyl groups is 1. The fraction of sp³-hybridized carbons (Fsp3) is 0.677. The second-order valence-corrected chi connectivity index (χ2v) is 12.2. The van der Waals surface area contributed by atoms with E-state index in [0.717, 1.165) is 19.3 Å². The summed E-state index contributed by atoms with van der Waals surface area (Å²) in [6, 6.07) is 0. The number of ketones is 1. The zero-order chi connectivity index (χ0) is 27.2. The Morgan fingerprint density at radius 1 is 1.08 bits per heavy atom. The molecule has 3 saturated heterocycles. The molecule has 3 fully saturated rings. The van der Waals surface area contributed by atoms with Crippen molar-refractivity contribution < 1.29 is 33.6 Å². The molecule has 0 saturated carbocycles. The van der Waals surface area contributed by atoms with Crippen LogP contribution < -0.4 is 0 Å². The molecule has 1 aliphatic carbocycles. The fourth-order valence-electron chi connectivity index (χ4n) is 6.70. The summed E-state index contributed by atoms with van der Waals surface area (Å²) >= 11 is 0. The van der Waals surface area contributed by atoms with Crippen molar-refractivity contribution in [3.05, 3.63) is 47.1 Å². The van der Waals surface area contributed by atoms with Gasteiger partial charge in [-0.1, -0.05) is 49.8 Å². The highest BCUT2D eigenvalue weighted by Crippen LogP contribution is 2.46. The lowest BCUT2D eigenvalue weighted by Gasteiger charge is -2.49. The van der Waals surface area contributed by atoms with Gasteiger partial charge in [-0.2, -0.15) is 0 Å². The summed E-state index contributed by atoms with van der Waals surface area (Å²) in [7, 11) is 0. The molecule has 4 aliphatic heterocycles. The number of carbonyl (C=O) groups is 2. The van der Waals surface area contributed by atoms with Crippen molar-refractivity contribution in [1.29, 1.82) is 0 Å². The molecule has 5 aliphatic rings. The number of carbonyl (C=O) groups excluding carboxylic acids is 2. The van der Waals surface area contributed by atoms with Crippen molar-refractivity contribution in [2.24, 2.45) is 17.8 Å². The minimum atomic E-state index is -1.78. The number of hydrogen-bond donors (Lipinski definition) is 1. The van der Waals surface area contributed by atoms with Gasteiger partial charge in [0.25, 0.3) is 0 Å². The van der Waals surface area contributed by atoms with Crippen molar-refractivity contribution in [2.45, 2.75) is 109 Å². The van der Waals surface area contributed by atoms with Crippen LogP contribution in [0.15, 0.2) is 47.1 Å². The molecular formula is C31H42O7. The summed E-state index contributed by atoms with van der Waals surface area (Å²) in [5.74, 6) is -1.97. The summed E-state index contributed by atoms with van der Waals surface area (Å²) in [6.07, 6.45) is 12.2. The second kappa shape index (κ2) is 10.5. The highest BCUT2D eigenvalue weighted by atomic mass is 16.7. The van der Waals surface area contributed by atoms with Crippen molar-refractivity contribution in [1.82, 2.24) is 0 Å². The number of allylic oxidation sites excluding steroid dienone is 4. The molecule has 0 amide bonds. The minimum Gasteiger partial charge on any atom is -0.462 e. The topological polar surface area (TPSA) is 91.3 Å². The summed E-state index contributed by atoms with van der Waals surface area (Å²) in [5, 5.41) is 11.9. The Hall–Kier alpha value is -2.06. The first-order chi connectivity index (χ1) is 18.0. The predicted molar refractivity (Wildman–Crippen MR) is 142 cm³/mol. The van der Waals surface area contributed by atoms with E-state index in [1.165, 1.54) is 5.57 Å². The van der Waals surface area contributed by atoms with Crippen LogP contribution in [-0.4, -0.2) is 59.3 Å². The Morgan fingerprint density at radius 2 is 1.87 bits per heavy atom. The van der Waals surface area contributed by atoms with Gasteiger partial charge in [0.05, 0.1) is 18.8 Å². The maximum atomic E-state index is 13.8. The normalized spacial score (nSPS) is 44.2. The highest BCUT2D eigenvalue weighted by Gasteiger charge is 2.60. The van der Waals surface area contributed by atoms with Crippen LogP contribution in [0.4, 0.5) is 0 Å². The number of Topliss-reactive ketones (excluding diaryl/α,β-unsaturated/α-hetero) is 1. The van der Waals surface area contributed by atoms with Gasteiger partial charge in [-0.25, -0.2) is 0 Å². The molecule has 7 heteroatoms. The first kappa shape index (κ1) is 27.5. The van der Waals surface area contributed by atoms with Crippen molar-refractivity contribution in [3.63, 3.8) is 0 Å². The maximum Gasteiger partial charge on any atom is 0.316 e. The molecule has 0 radical (unpaired) electrons. The van der Waals surface area contributed by atoms with Gasteiger partial charge in [-0.15, -0.1) is 0 Å². The number of ether oxygens (including phenoxy) is 4. The number of esters is 1. The molecule has 0 aromatic rings. The summed E-state index contributed by atoms with van der Waals surface area (Å²) in [6.45, 7) is 10.3. The Kier molecular flexibility index (Phi) is 7.59. The largest absolute Gasteiger partial charge is 0.462 e. The Balaban J connectivity index is 1.52. The van der Waals surface area contributed by atoms with Gasteiger partial charge in [0, 0.05) is 19.3 Å². The lowest BCUT2D eigenvalue weighted by molar-refractivity contribution is -0.332. The van der Waals surface area contributed by atoms with E-state index in [9.17, 15) is 14.7 Å². The Morgan fingerprint density at radius 3 is 2.63 bits per heavy atom. The molecule has 4 heterocycles. The minimum absolute atomic E-state index is 0.0429. The van der Waals surface area contributed by atoms with E-state index in [2.05, 4.69) is 39.8 Å². The zero-order valence-corrected chi connectivity index (χ0v) is 23.3. The molecular weight excluding hydrogens is 484 g/mol. The summed E-state index contributed by atoms with van der Waals surface area (Å²) in [5.41, 5.74) is 0.416. The molecule has 208 valence electrons. The zero-order valence-electron chi connectivity index (χ0n) is 23.3. The first-order valence-electron chi connectivity index (χ1n) is 14.2. The van der Waals surface area contributed by atoms with Gasteiger partial charge in [-0.05, 0) is 63.0 Å². The van der Waals surface area contributed by atoms with Crippen LogP contribution >= 0.6 is 0 Å². The van der Waals surface area contributed by atoms with E-state index in [0.29, 0.717) is 36.3 Å². The van der Waals surface area contributed by atoms with Crippen LogP contribution in [0.25, 0.3) is 0 Å². The summed E-state index contributed by atoms with van der Waals surface area (Å²) < 4.78 is 25.0. The Labute approximate surface area is 225 Å². The lowest BCUT2D eigenvalue weighted by Crippen LogP contribution is -2.57. The van der Waals surface area contributed by atoms with Gasteiger partial charge in [0.1, 0.15) is 17.6 Å². The molecule has 38 heavy (non-hydrogen) atoms. The molecule has 2 bridgehead atoms. The third kappa shape index (κ3) is 5.10. The van der Waals surface area contributed by atoms with Crippen molar-refractivity contribution >= 4 is 11.8 Å². The predicted octanol–water partition coefficient (Wildman–Crippen LogP) is 4.74. The van der Waals surface area contributed by atoms with Crippen LogP contribution in [0.1, 0.15) is 73.1 Å². The molecule has 0 aromatic heterocycles. The first-order valence-corrected chi connectivity index (χ1v) is 14.2. The van der Waals surface area contributed by atoms with Crippen LogP contribution in [0.2, 0.25) is 0 Å². The fourth-order valence-corrected chi connectivity index (χ4v) is 6.70. The lowest BCUT2D eigenvalue weighted by atomic mass is 9.71. The van der Waals surface area contributed by atoms with E-state index in [-0.39, 0.29) is 30.5 Å². The van der Waals surface area contributed by atoms with E-state index >= 15 is 0 Å². The average molecular weight is 527 g/mol. The van der Waals surface area contributed by atoms with Gasteiger partial charge in [0.15, 0.2) is 17.7 Å². The molecule has 0 aromatic carbocycles. The van der Waals surface area contributed by atoms with Gasteiger partial charge >= 0.3 is 5.97 Å². The van der Waals surface area contributed by atoms with Crippen LogP contribution in [0.5, 0.6) is 0 Å². The third-order valence-electron chi connectivity index (χ3n) is 9.11. The molecule has 1 N–H and O–H groups in total. The monoisotopic (exact) mass is 526 g/mol. The standard InChI is InChI=1S/C31H42O7/c1-18-7-6-8-23-17-35-28-27(32)21(4)14-26(31(23,28)34)29(33)36-25-15-24(10-9-19(2)13-18)38-30(16-25)12-11-20(3)22(5)37-30/h6-9,14,18,20,22,24-26,28,34H,10-13,15-17H2,1-5H3. The molecule has 1 spiro atoms. The quantitative estimate of drug-likeness (QED) is 0.360. The van der Waals surface area contributed by atoms with E-state index < -0.39 is 35.5 Å². The summed E-state index contributed by atoms with van der Waals surface area (Å²) in [4.78, 5) is 26.7. The second-order valence-electron chi connectivity index (χ2n) is 12.2. The molecule has 7 nitrogen and oxygen atoms in total. The van der Waals surface area contributed by atoms with Crippen molar-refractivity contribution in [3.8, 4) is 0 Å². The van der Waals surface area contributed by atoms with Crippen LogP contribution in [-0.2, 0) is 28.5 Å². The number of hydrogen-bond acceptors (Lipinski definition) is 7. The van der Waals surface area contributed by atoms with Crippen LogP contribution in [0, 0.1) is 17.8 Å². The van der Waals surface area contributed by atoms with E-state index in [4.69, 9.17) is 18.9 Å². The molecule has 9 unspecified atom stereocenters. The molecule has 5 rings (SSSR count). The van der Waals surface area contributed by atoms with Crippen molar-refractivity contribution in [2.75, 3.05) is 6.61 Å². The molecule has 9 atom stereocenters. The van der Waals surface area contributed by atoms with E-state index in [1.54, 1.807) is 19.1 Å². The Bertz CT molecular complexity index is 1090. The van der Waals surface area contributed by atoms with Crippen LogP contribution in [0.3, 0.4) is 0 Å². The average Bonchev–Trinajstić information content (AvgIpc) is 3.19. The highest BCUT2D eigenvalue weighted by molar-refractivity contribution is 6.03. The van der Waals surface area contributed by atoms with Gasteiger partial charge in [0.2, 0.25) is 0 Å². The SMILES string of the molecule is CC1=CCC2CC(CC3(CCC(C)C(C)O3)O2)OC(=O)C2C=C(C)C(=O)C3OCC(=CC=CC(C)C1)C23O. The maximum absolute atomic E-state index is 13.8.